The van der Waals surface area contributed by atoms with Gasteiger partial charge in [0.15, 0.2) is 0 Å². The molecule has 1 rings (SSSR count). The van der Waals surface area contributed by atoms with Crippen LogP contribution in [0.2, 0.25) is 0 Å². The maximum Gasteiger partial charge on any atom is 0.290 e. The smallest absolute Gasteiger partial charge is 0.290 e. The SMILES string of the molecule is CCC1([N+](=O)[O-])CCC1.O=CO. The van der Waals surface area contributed by atoms with E-state index in [1.165, 1.54) is 0 Å². The molecule has 12 heavy (non-hydrogen) atoms. The number of nitrogens with zero attached hydrogens (tertiary/aromatic N) is 1. The maximum atomic E-state index is 10.3. The van der Waals surface area contributed by atoms with Crippen LogP contribution in [0.5, 0.6) is 0 Å². The van der Waals surface area contributed by atoms with Crippen molar-refractivity contribution in [3.63, 3.8) is 0 Å². The lowest BCUT2D eigenvalue weighted by Gasteiger charge is -2.31. The maximum absolute atomic E-state index is 10.3. The molecule has 0 heterocycles. The lowest BCUT2D eigenvalue weighted by molar-refractivity contribution is -0.586. The second-order valence-corrected chi connectivity index (χ2v) is 2.79. The van der Waals surface area contributed by atoms with Crippen LogP contribution in [-0.4, -0.2) is 22.0 Å². The van der Waals surface area contributed by atoms with Crippen LogP contribution >= 0.6 is 0 Å². The lowest BCUT2D eigenvalue weighted by atomic mass is 9.75. The zero-order valence-corrected chi connectivity index (χ0v) is 7.02. The van der Waals surface area contributed by atoms with Gasteiger partial charge in [0.1, 0.15) is 0 Å². The van der Waals surface area contributed by atoms with Gasteiger partial charge >= 0.3 is 0 Å². The third-order valence-corrected chi connectivity index (χ3v) is 2.33. The van der Waals surface area contributed by atoms with E-state index in [-0.39, 0.29) is 11.4 Å². The molecule has 0 atom stereocenters. The molecule has 0 aromatic rings. The highest BCUT2D eigenvalue weighted by molar-refractivity contribution is 5.32. The van der Waals surface area contributed by atoms with Crippen molar-refractivity contribution in [3.05, 3.63) is 10.1 Å². The Hall–Kier alpha value is -1.13. The van der Waals surface area contributed by atoms with E-state index < -0.39 is 5.54 Å². The first-order valence-corrected chi connectivity index (χ1v) is 3.85. The zero-order valence-electron chi connectivity index (χ0n) is 7.02. The van der Waals surface area contributed by atoms with Crippen LogP contribution in [-0.2, 0) is 4.79 Å². The molecule has 0 aromatic carbocycles. The normalized spacial score (nSPS) is 18.1. The predicted octanol–water partition coefficient (Wildman–Crippen LogP) is 1.30. The van der Waals surface area contributed by atoms with Crippen LogP contribution in [0.3, 0.4) is 0 Å². The van der Waals surface area contributed by atoms with E-state index in [2.05, 4.69) is 0 Å². The second-order valence-electron chi connectivity index (χ2n) is 2.79. The molecule has 70 valence electrons. The third kappa shape index (κ3) is 2.18. The van der Waals surface area contributed by atoms with Crippen LogP contribution in [0.25, 0.3) is 0 Å². The fourth-order valence-corrected chi connectivity index (χ4v) is 1.25. The summed E-state index contributed by atoms with van der Waals surface area (Å²) in [5.74, 6) is 0. The minimum Gasteiger partial charge on any atom is -0.483 e. The first kappa shape index (κ1) is 10.9. The van der Waals surface area contributed by atoms with Crippen molar-refractivity contribution in [2.24, 2.45) is 0 Å². The summed E-state index contributed by atoms with van der Waals surface area (Å²) in [7, 11) is 0. The molecule has 0 aromatic heterocycles. The van der Waals surface area contributed by atoms with Gasteiger partial charge in [0.05, 0.1) is 0 Å². The van der Waals surface area contributed by atoms with E-state index in [1.54, 1.807) is 0 Å². The van der Waals surface area contributed by atoms with Gasteiger partial charge in [-0.1, -0.05) is 6.92 Å². The van der Waals surface area contributed by atoms with Crippen molar-refractivity contribution < 1.29 is 14.8 Å². The summed E-state index contributed by atoms with van der Waals surface area (Å²) in [6, 6.07) is 0. The van der Waals surface area contributed by atoms with Crippen molar-refractivity contribution in [1.29, 1.82) is 0 Å². The van der Waals surface area contributed by atoms with Crippen molar-refractivity contribution in [3.8, 4) is 0 Å². The van der Waals surface area contributed by atoms with E-state index in [9.17, 15) is 10.1 Å². The summed E-state index contributed by atoms with van der Waals surface area (Å²) >= 11 is 0. The molecular formula is C7H13NO4. The Morgan fingerprint density at radius 2 is 2.08 bits per heavy atom. The van der Waals surface area contributed by atoms with Gasteiger partial charge in [-0.2, -0.15) is 0 Å². The zero-order chi connectivity index (χ0) is 9.61. The Morgan fingerprint density at radius 3 is 2.08 bits per heavy atom. The van der Waals surface area contributed by atoms with Gasteiger partial charge in [0.25, 0.3) is 6.47 Å². The van der Waals surface area contributed by atoms with Crippen molar-refractivity contribution in [2.45, 2.75) is 38.1 Å². The Kier molecular flexibility index (Phi) is 4.25. The number of carbonyl (C=O) groups is 1. The number of nitro groups is 1. The number of hydrogen-bond acceptors (Lipinski definition) is 3. The van der Waals surface area contributed by atoms with Crippen molar-refractivity contribution >= 4 is 6.47 Å². The molecule has 0 saturated heterocycles. The van der Waals surface area contributed by atoms with Crippen LogP contribution in [0, 0.1) is 10.1 Å². The van der Waals surface area contributed by atoms with Crippen LogP contribution in [0.1, 0.15) is 32.6 Å². The summed E-state index contributed by atoms with van der Waals surface area (Å²) in [5.41, 5.74) is -0.514. The van der Waals surface area contributed by atoms with Gasteiger partial charge in [-0.05, 0) is 6.42 Å². The average molecular weight is 175 g/mol. The minimum atomic E-state index is -0.514. The predicted molar refractivity (Wildman–Crippen MR) is 42.6 cm³/mol. The highest BCUT2D eigenvalue weighted by Crippen LogP contribution is 2.37. The number of rotatable bonds is 2. The van der Waals surface area contributed by atoms with Gasteiger partial charge in [-0.15, -0.1) is 0 Å². The molecule has 0 spiro atoms. The molecule has 5 nitrogen and oxygen atoms in total. The molecule has 0 amide bonds. The Balaban J connectivity index is 0.000000354. The van der Waals surface area contributed by atoms with Crippen molar-refractivity contribution in [2.75, 3.05) is 0 Å². The average Bonchev–Trinajstić information content (AvgIpc) is 1.86. The molecule has 1 N–H and O–H groups in total. The van der Waals surface area contributed by atoms with Gasteiger partial charge in [0, 0.05) is 24.2 Å². The molecule has 0 unspecified atom stereocenters. The van der Waals surface area contributed by atoms with Crippen LogP contribution < -0.4 is 0 Å². The summed E-state index contributed by atoms with van der Waals surface area (Å²) < 4.78 is 0. The van der Waals surface area contributed by atoms with Gasteiger partial charge < -0.3 is 5.11 Å². The number of hydrogen-bond donors (Lipinski definition) is 1. The third-order valence-electron chi connectivity index (χ3n) is 2.33. The molecule has 0 bridgehead atoms. The molecule has 0 radical (unpaired) electrons. The minimum absolute atomic E-state index is 0.115. The summed E-state index contributed by atoms with van der Waals surface area (Å²) in [4.78, 5) is 18.6. The van der Waals surface area contributed by atoms with Crippen LogP contribution in [0.15, 0.2) is 0 Å². The van der Waals surface area contributed by atoms with E-state index in [0.717, 1.165) is 19.3 Å². The molecular weight excluding hydrogens is 162 g/mol. The fourth-order valence-electron chi connectivity index (χ4n) is 1.25. The quantitative estimate of drug-likeness (QED) is 0.389. The van der Waals surface area contributed by atoms with Gasteiger partial charge in [-0.3, -0.25) is 14.9 Å². The van der Waals surface area contributed by atoms with E-state index in [1.807, 2.05) is 6.92 Å². The van der Waals surface area contributed by atoms with Gasteiger partial charge in [0.2, 0.25) is 5.54 Å². The van der Waals surface area contributed by atoms with E-state index in [4.69, 9.17) is 9.90 Å². The van der Waals surface area contributed by atoms with Crippen molar-refractivity contribution in [1.82, 2.24) is 0 Å². The molecule has 1 aliphatic rings. The highest BCUT2D eigenvalue weighted by atomic mass is 16.6. The largest absolute Gasteiger partial charge is 0.483 e. The Labute approximate surface area is 70.5 Å². The molecule has 1 aliphatic carbocycles. The monoisotopic (exact) mass is 175 g/mol. The lowest BCUT2D eigenvalue weighted by Crippen LogP contribution is -2.44. The highest BCUT2D eigenvalue weighted by Gasteiger charge is 2.46. The van der Waals surface area contributed by atoms with E-state index >= 15 is 0 Å². The molecule has 1 fully saturated rings. The first-order chi connectivity index (χ1) is 5.63. The fraction of sp³-hybridized carbons (Fsp3) is 0.857. The molecule has 1 saturated carbocycles. The van der Waals surface area contributed by atoms with Crippen LogP contribution in [0.4, 0.5) is 0 Å². The second kappa shape index (κ2) is 4.69. The summed E-state index contributed by atoms with van der Waals surface area (Å²) in [5, 5.41) is 17.2. The van der Waals surface area contributed by atoms with E-state index in [0.29, 0.717) is 6.42 Å². The molecule has 0 aliphatic heterocycles. The molecule has 5 heteroatoms. The number of carboxylic acid groups (broad SMARTS) is 1. The summed E-state index contributed by atoms with van der Waals surface area (Å²) in [6.07, 6.45) is 3.31. The standard InChI is InChI=1S/C6H11NO2.CH2O2/c1-2-6(7(8)9)4-3-5-6;2-1-3/h2-5H2,1H3;1H,(H,2,3). The topological polar surface area (TPSA) is 80.4 Å². The Bertz CT molecular complexity index is 159. The summed E-state index contributed by atoms with van der Waals surface area (Å²) in [6.45, 7) is 1.64. The van der Waals surface area contributed by atoms with Gasteiger partial charge in [-0.25, -0.2) is 0 Å². The Morgan fingerprint density at radius 1 is 1.67 bits per heavy atom. The first-order valence-electron chi connectivity index (χ1n) is 3.85.